The minimum atomic E-state index is -0.240. The molecule has 88 valence electrons. The highest BCUT2D eigenvalue weighted by Crippen LogP contribution is 2.39. The molecule has 0 aromatic carbocycles. The fourth-order valence-electron chi connectivity index (χ4n) is 1.81. The Labute approximate surface area is 103 Å². The number of ether oxygens (including phenoxy) is 2. The molecule has 17 heavy (non-hydrogen) atoms. The van der Waals surface area contributed by atoms with E-state index in [-0.39, 0.29) is 5.60 Å². The molecule has 0 N–H and O–H groups in total. The standard InChI is InChI=1S/C12H12N2O2S/c1-15-12(6-16-7-12)11-3-2-10(17-11)9-4-5-13-8-14-9/h2-5,8H,6-7H2,1H3. The van der Waals surface area contributed by atoms with Gasteiger partial charge in [0.05, 0.1) is 23.8 Å². The zero-order valence-corrected chi connectivity index (χ0v) is 10.2. The molecule has 0 amide bonds. The van der Waals surface area contributed by atoms with Crippen molar-refractivity contribution in [3.63, 3.8) is 0 Å². The second-order valence-corrected chi connectivity index (χ2v) is 5.03. The Balaban J connectivity index is 1.93. The lowest BCUT2D eigenvalue weighted by molar-refractivity contribution is -0.200. The Hall–Kier alpha value is -1.30. The van der Waals surface area contributed by atoms with Gasteiger partial charge in [0.2, 0.25) is 0 Å². The van der Waals surface area contributed by atoms with Crippen LogP contribution in [-0.2, 0) is 15.1 Å². The van der Waals surface area contributed by atoms with Crippen LogP contribution in [0.1, 0.15) is 4.88 Å². The number of thiophene rings is 1. The van der Waals surface area contributed by atoms with Crippen LogP contribution in [0, 0.1) is 0 Å². The van der Waals surface area contributed by atoms with Gasteiger partial charge in [0.15, 0.2) is 0 Å². The van der Waals surface area contributed by atoms with Crippen molar-refractivity contribution in [1.29, 1.82) is 0 Å². The second kappa shape index (κ2) is 4.18. The average molecular weight is 248 g/mol. The summed E-state index contributed by atoms with van der Waals surface area (Å²) >= 11 is 1.70. The van der Waals surface area contributed by atoms with Crippen LogP contribution in [0.25, 0.3) is 10.6 Å². The molecule has 0 unspecified atom stereocenters. The van der Waals surface area contributed by atoms with Crippen molar-refractivity contribution in [2.24, 2.45) is 0 Å². The molecule has 0 saturated carbocycles. The molecule has 2 aromatic heterocycles. The highest BCUT2D eigenvalue weighted by Gasteiger charge is 2.41. The van der Waals surface area contributed by atoms with Crippen LogP contribution in [0.4, 0.5) is 0 Å². The van der Waals surface area contributed by atoms with E-state index in [0.717, 1.165) is 10.6 Å². The van der Waals surface area contributed by atoms with Gasteiger partial charge in [-0.05, 0) is 18.2 Å². The van der Waals surface area contributed by atoms with Crippen LogP contribution < -0.4 is 0 Å². The first kappa shape index (κ1) is 10.8. The first-order chi connectivity index (χ1) is 8.34. The van der Waals surface area contributed by atoms with E-state index >= 15 is 0 Å². The molecule has 3 rings (SSSR count). The van der Waals surface area contributed by atoms with E-state index in [1.807, 2.05) is 6.07 Å². The quantitative estimate of drug-likeness (QED) is 0.834. The van der Waals surface area contributed by atoms with Gasteiger partial charge in [-0.2, -0.15) is 0 Å². The van der Waals surface area contributed by atoms with Gasteiger partial charge in [0.1, 0.15) is 11.9 Å². The summed E-state index contributed by atoms with van der Waals surface area (Å²) in [6, 6.07) is 6.07. The maximum atomic E-state index is 5.56. The van der Waals surface area contributed by atoms with Crippen LogP contribution in [0.15, 0.2) is 30.7 Å². The Morgan fingerprint density at radius 3 is 2.82 bits per heavy atom. The molecule has 0 spiro atoms. The molecule has 3 heterocycles. The third-order valence-corrected chi connectivity index (χ3v) is 4.24. The summed E-state index contributed by atoms with van der Waals surface area (Å²) in [6.07, 6.45) is 3.31. The average Bonchev–Trinajstić information content (AvgIpc) is 2.80. The summed E-state index contributed by atoms with van der Waals surface area (Å²) in [7, 11) is 1.73. The molecule has 0 radical (unpaired) electrons. The number of hydrogen-bond donors (Lipinski definition) is 0. The first-order valence-electron chi connectivity index (χ1n) is 5.34. The fraction of sp³-hybridized carbons (Fsp3) is 0.333. The second-order valence-electron chi connectivity index (χ2n) is 3.95. The molecule has 1 saturated heterocycles. The van der Waals surface area contributed by atoms with E-state index in [1.54, 1.807) is 31.0 Å². The summed E-state index contributed by atoms with van der Waals surface area (Å²) in [5.41, 5.74) is 0.707. The topological polar surface area (TPSA) is 44.2 Å². The number of aromatic nitrogens is 2. The predicted octanol–water partition coefficient (Wildman–Crippen LogP) is 2.08. The molecule has 2 aromatic rings. The van der Waals surface area contributed by atoms with Crippen molar-refractivity contribution >= 4 is 11.3 Å². The van der Waals surface area contributed by atoms with Crippen LogP contribution in [0.5, 0.6) is 0 Å². The van der Waals surface area contributed by atoms with Crippen LogP contribution in [0.3, 0.4) is 0 Å². The van der Waals surface area contributed by atoms with Crippen molar-refractivity contribution in [3.05, 3.63) is 35.6 Å². The number of rotatable bonds is 3. The Bertz CT molecular complexity index is 503. The van der Waals surface area contributed by atoms with Gasteiger partial charge >= 0.3 is 0 Å². The molecule has 1 fully saturated rings. The Morgan fingerprint density at radius 2 is 2.24 bits per heavy atom. The predicted molar refractivity (Wildman–Crippen MR) is 64.9 cm³/mol. The lowest BCUT2D eigenvalue weighted by Crippen LogP contribution is -2.47. The largest absolute Gasteiger partial charge is 0.374 e. The van der Waals surface area contributed by atoms with Gasteiger partial charge in [0, 0.05) is 18.2 Å². The zero-order chi connectivity index (χ0) is 11.7. The molecule has 1 aliphatic rings. The SMILES string of the molecule is COC1(c2ccc(-c3ccncn3)s2)COC1. The van der Waals surface area contributed by atoms with E-state index < -0.39 is 0 Å². The van der Waals surface area contributed by atoms with Crippen molar-refractivity contribution in [2.75, 3.05) is 20.3 Å². The zero-order valence-electron chi connectivity index (χ0n) is 9.42. The van der Waals surface area contributed by atoms with Crippen molar-refractivity contribution in [3.8, 4) is 10.6 Å². The van der Waals surface area contributed by atoms with Gasteiger partial charge in [-0.15, -0.1) is 11.3 Å². The molecular formula is C12H12N2O2S. The van der Waals surface area contributed by atoms with E-state index in [2.05, 4.69) is 22.1 Å². The summed E-state index contributed by atoms with van der Waals surface area (Å²) < 4.78 is 10.8. The van der Waals surface area contributed by atoms with E-state index in [0.29, 0.717) is 13.2 Å². The maximum Gasteiger partial charge on any atom is 0.148 e. The van der Waals surface area contributed by atoms with Crippen LogP contribution >= 0.6 is 11.3 Å². The molecule has 4 nitrogen and oxygen atoms in total. The molecule has 1 aliphatic heterocycles. The minimum Gasteiger partial charge on any atom is -0.374 e. The van der Waals surface area contributed by atoms with Gasteiger partial charge < -0.3 is 9.47 Å². The minimum absolute atomic E-state index is 0.240. The number of methoxy groups -OCH3 is 1. The monoisotopic (exact) mass is 248 g/mol. The molecular weight excluding hydrogens is 236 g/mol. The van der Waals surface area contributed by atoms with E-state index in [4.69, 9.17) is 9.47 Å². The van der Waals surface area contributed by atoms with Crippen molar-refractivity contribution in [2.45, 2.75) is 5.60 Å². The van der Waals surface area contributed by atoms with Gasteiger partial charge in [-0.1, -0.05) is 0 Å². The fourth-order valence-corrected chi connectivity index (χ4v) is 2.93. The molecule has 0 aliphatic carbocycles. The molecule has 0 atom stereocenters. The highest BCUT2D eigenvalue weighted by atomic mass is 32.1. The molecule has 0 bridgehead atoms. The van der Waals surface area contributed by atoms with Crippen LogP contribution in [0.2, 0.25) is 0 Å². The lowest BCUT2D eigenvalue weighted by atomic mass is 10.0. The van der Waals surface area contributed by atoms with E-state index in [1.165, 1.54) is 4.88 Å². The molecule has 5 heteroatoms. The Kier molecular flexibility index (Phi) is 2.66. The first-order valence-corrected chi connectivity index (χ1v) is 6.15. The summed E-state index contributed by atoms with van der Waals surface area (Å²) in [5, 5.41) is 0. The van der Waals surface area contributed by atoms with Gasteiger partial charge in [-0.3, -0.25) is 0 Å². The van der Waals surface area contributed by atoms with Crippen molar-refractivity contribution in [1.82, 2.24) is 9.97 Å². The smallest absolute Gasteiger partial charge is 0.148 e. The maximum absolute atomic E-state index is 5.56. The highest BCUT2D eigenvalue weighted by molar-refractivity contribution is 7.15. The third kappa shape index (κ3) is 1.76. The lowest BCUT2D eigenvalue weighted by Gasteiger charge is -2.39. The van der Waals surface area contributed by atoms with Crippen molar-refractivity contribution < 1.29 is 9.47 Å². The van der Waals surface area contributed by atoms with Gasteiger partial charge in [-0.25, -0.2) is 9.97 Å². The normalized spacial score (nSPS) is 17.7. The summed E-state index contributed by atoms with van der Waals surface area (Å²) in [5.74, 6) is 0. The van der Waals surface area contributed by atoms with Crippen LogP contribution in [-0.4, -0.2) is 30.3 Å². The summed E-state index contributed by atoms with van der Waals surface area (Å²) in [6.45, 7) is 1.26. The number of hydrogen-bond acceptors (Lipinski definition) is 5. The van der Waals surface area contributed by atoms with E-state index in [9.17, 15) is 0 Å². The summed E-state index contributed by atoms with van der Waals surface area (Å²) in [4.78, 5) is 10.5. The number of nitrogens with zero attached hydrogens (tertiary/aromatic N) is 2. The Morgan fingerprint density at radius 1 is 1.35 bits per heavy atom. The third-order valence-electron chi connectivity index (χ3n) is 2.95. The van der Waals surface area contributed by atoms with Gasteiger partial charge in [0.25, 0.3) is 0 Å².